The average molecular weight is 258 g/mol. The van der Waals surface area contributed by atoms with E-state index in [4.69, 9.17) is 28.7 Å². The normalized spacial score (nSPS) is 9.38. The van der Waals surface area contributed by atoms with Crippen LogP contribution >= 0.6 is 23.2 Å². The van der Waals surface area contributed by atoms with Crippen LogP contribution in [0.3, 0.4) is 0 Å². The molecule has 0 saturated heterocycles. The van der Waals surface area contributed by atoms with Crippen LogP contribution in [0.2, 0.25) is 0 Å². The van der Waals surface area contributed by atoms with E-state index in [1.165, 1.54) is 18.2 Å². The first-order valence-electron chi connectivity index (χ1n) is 4.09. The van der Waals surface area contributed by atoms with Gasteiger partial charge in [-0.1, -0.05) is 5.11 Å². The molecule has 82 valence electrons. The van der Waals surface area contributed by atoms with Crippen LogP contribution in [0.5, 0.6) is 0 Å². The van der Waals surface area contributed by atoms with E-state index in [9.17, 15) is 9.59 Å². The quantitative estimate of drug-likeness (QED) is 0.359. The molecule has 0 aliphatic carbocycles. The molecule has 16 heavy (non-hydrogen) atoms. The van der Waals surface area contributed by atoms with Crippen molar-refractivity contribution in [1.29, 1.82) is 0 Å². The van der Waals surface area contributed by atoms with Crippen LogP contribution in [0.1, 0.15) is 26.3 Å². The molecule has 0 aliphatic rings. The summed E-state index contributed by atoms with van der Waals surface area (Å²) in [7, 11) is 0. The standard InChI is InChI=1S/C9H5Cl2N3O2/c10-8(15)6-1-5(4-13-14-12)2-7(3-6)9(11)16/h1-3H,4H2. The molecule has 0 amide bonds. The van der Waals surface area contributed by atoms with Gasteiger partial charge >= 0.3 is 0 Å². The number of azide groups is 1. The first kappa shape index (κ1) is 12.5. The van der Waals surface area contributed by atoms with Crippen LogP contribution in [-0.4, -0.2) is 10.5 Å². The Morgan fingerprint density at radius 1 is 1.19 bits per heavy atom. The summed E-state index contributed by atoms with van der Waals surface area (Å²) in [5.74, 6) is 0. The molecule has 0 atom stereocenters. The molecule has 0 bridgehead atoms. The van der Waals surface area contributed by atoms with Gasteiger partial charge in [0, 0.05) is 16.0 Å². The molecule has 1 aromatic carbocycles. The van der Waals surface area contributed by atoms with Crippen LogP contribution in [0.25, 0.3) is 10.4 Å². The first-order chi connectivity index (χ1) is 7.54. The minimum absolute atomic E-state index is 0.0195. The van der Waals surface area contributed by atoms with Gasteiger partial charge < -0.3 is 0 Å². The summed E-state index contributed by atoms with van der Waals surface area (Å²) < 4.78 is 0. The summed E-state index contributed by atoms with van der Waals surface area (Å²) in [4.78, 5) is 24.5. The lowest BCUT2D eigenvalue weighted by atomic mass is 10.1. The minimum atomic E-state index is -0.707. The summed E-state index contributed by atoms with van der Waals surface area (Å²) in [6.45, 7) is 0.0195. The van der Waals surface area contributed by atoms with Crippen molar-refractivity contribution in [2.75, 3.05) is 0 Å². The summed E-state index contributed by atoms with van der Waals surface area (Å²) in [5, 5.41) is 1.90. The van der Waals surface area contributed by atoms with Crippen LogP contribution < -0.4 is 0 Å². The maximum absolute atomic E-state index is 11.0. The van der Waals surface area contributed by atoms with E-state index >= 15 is 0 Å². The number of carbonyl (C=O) groups is 2. The van der Waals surface area contributed by atoms with Crippen LogP contribution in [0, 0.1) is 0 Å². The number of halogens is 2. The summed E-state index contributed by atoms with van der Waals surface area (Å²) >= 11 is 10.6. The maximum atomic E-state index is 11.0. The van der Waals surface area contributed by atoms with Gasteiger partial charge in [-0.05, 0) is 52.5 Å². The summed E-state index contributed by atoms with van der Waals surface area (Å²) in [6.07, 6.45) is 0. The predicted molar refractivity (Wildman–Crippen MR) is 59.7 cm³/mol. The van der Waals surface area contributed by atoms with Gasteiger partial charge in [0.15, 0.2) is 0 Å². The molecule has 0 unspecified atom stereocenters. The minimum Gasteiger partial charge on any atom is -0.276 e. The second-order valence-electron chi connectivity index (χ2n) is 2.85. The first-order valence-corrected chi connectivity index (χ1v) is 4.84. The van der Waals surface area contributed by atoms with Crippen molar-refractivity contribution >= 4 is 33.7 Å². The predicted octanol–water partition coefficient (Wildman–Crippen LogP) is 3.25. The molecule has 1 rings (SSSR count). The number of benzene rings is 1. The van der Waals surface area contributed by atoms with Gasteiger partial charge in [0.25, 0.3) is 10.5 Å². The highest BCUT2D eigenvalue weighted by Gasteiger charge is 2.09. The van der Waals surface area contributed by atoms with E-state index in [1.807, 2.05) is 0 Å². The Hall–Kier alpha value is -1.55. The van der Waals surface area contributed by atoms with Crippen molar-refractivity contribution < 1.29 is 9.59 Å². The van der Waals surface area contributed by atoms with Gasteiger partial charge in [-0.3, -0.25) is 9.59 Å². The largest absolute Gasteiger partial charge is 0.276 e. The fraction of sp³-hybridized carbons (Fsp3) is 0.111. The molecular formula is C9H5Cl2N3O2. The molecule has 0 saturated carbocycles. The Morgan fingerprint density at radius 2 is 1.69 bits per heavy atom. The zero-order chi connectivity index (χ0) is 12.1. The highest BCUT2D eigenvalue weighted by atomic mass is 35.5. The van der Waals surface area contributed by atoms with Gasteiger partial charge in [0.2, 0.25) is 0 Å². The molecular weight excluding hydrogens is 253 g/mol. The van der Waals surface area contributed by atoms with E-state index in [-0.39, 0.29) is 17.7 Å². The van der Waals surface area contributed by atoms with E-state index in [1.54, 1.807) is 0 Å². The highest BCUT2D eigenvalue weighted by Crippen LogP contribution is 2.15. The fourth-order valence-electron chi connectivity index (χ4n) is 1.12. The third-order valence-electron chi connectivity index (χ3n) is 1.76. The average Bonchev–Trinajstić information content (AvgIpc) is 2.25. The second kappa shape index (κ2) is 5.51. The third-order valence-corrected chi connectivity index (χ3v) is 2.20. The Balaban J connectivity index is 3.23. The summed E-state index contributed by atoms with van der Waals surface area (Å²) in [6, 6.07) is 4.16. The Labute approximate surface area is 101 Å². The van der Waals surface area contributed by atoms with Crippen molar-refractivity contribution in [2.24, 2.45) is 5.11 Å². The molecule has 0 radical (unpaired) electrons. The van der Waals surface area contributed by atoms with E-state index < -0.39 is 10.5 Å². The smallest absolute Gasteiger partial charge is 0.252 e. The number of nitrogens with zero attached hydrogens (tertiary/aromatic N) is 3. The van der Waals surface area contributed by atoms with E-state index in [2.05, 4.69) is 10.0 Å². The molecule has 0 aromatic heterocycles. The van der Waals surface area contributed by atoms with Gasteiger partial charge in [-0.15, -0.1) is 0 Å². The van der Waals surface area contributed by atoms with Crippen molar-refractivity contribution in [3.05, 3.63) is 45.3 Å². The zero-order valence-electron chi connectivity index (χ0n) is 7.85. The zero-order valence-corrected chi connectivity index (χ0v) is 9.37. The maximum Gasteiger partial charge on any atom is 0.252 e. The molecule has 1 aromatic rings. The van der Waals surface area contributed by atoms with Gasteiger partial charge in [0.05, 0.1) is 6.54 Å². The molecule has 0 spiro atoms. The topological polar surface area (TPSA) is 82.9 Å². The third kappa shape index (κ3) is 3.24. The molecule has 0 N–H and O–H groups in total. The number of carbonyl (C=O) groups excluding carboxylic acids is 2. The van der Waals surface area contributed by atoms with Gasteiger partial charge in [0.1, 0.15) is 0 Å². The lowest BCUT2D eigenvalue weighted by Crippen LogP contribution is -1.97. The molecule has 0 heterocycles. The van der Waals surface area contributed by atoms with Crippen molar-refractivity contribution in [3.63, 3.8) is 0 Å². The number of hydrogen-bond acceptors (Lipinski definition) is 3. The van der Waals surface area contributed by atoms with E-state index in [0.29, 0.717) is 5.56 Å². The second-order valence-corrected chi connectivity index (χ2v) is 3.54. The number of hydrogen-bond donors (Lipinski definition) is 0. The number of rotatable bonds is 4. The molecule has 0 fully saturated rings. The molecule has 0 aliphatic heterocycles. The molecule has 5 nitrogen and oxygen atoms in total. The van der Waals surface area contributed by atoms with Crippen LogP contribution in [0.4, 0.5) is 0 Å². The monoisotopic (exact) mass is 257 g/mol. The highest BCUT2D eigenvalue weighted by molar-refractivity contribution is 6.69. The Kier molecular flexibility index (Phi) is 4.31. The van der Waals surface area contributed by atoms with Gasteiger partial charge in [-0.2, -0.15) is 0 Å². The Morgan fingerprint density at radius 3 is 2.06 bits per heavy atom. The Bertz CT molecular complexity index is 463. The van der Waals surface area contributed by atoms with Crippen LogP contribution in [0.15, 0.2) is 23.3 Å². The lowest BCUT2D eigenvalue weighted by Gasteiger charge is -2.02. The van der Waals surface area contributed by atoms with E-state index in [0.717, 1.165) is 0 Å². The SMILES string of the molecule is [N-]=[N+]=NCc1cc(C(=O)Cl)cc(C(=O)Cl)c1. The molecule has 7 heteroatoms. The van der Waals surface area contributed by atoms with Crippen molar-refractivity contribution in [1.82, 2.24) is 0 Å². The summed E-state index contributed by atoms with van der Waals surface area (Å²) in [5.41, 5.74) is 8.92. The van der Waals surface area contributed by atoms with Crippen molar-refractivity contribution in [2.45, 2.75) is 6.54 Å². The van der Waals surface area contributed by atoms with Gasteiger partial charge in [-0.25, -0.2) is 0 Å². The lowest BCUT2D eigenvalue weighted by molar-refractivity contribution is 0.108. The van der Waals surface area contributed by atoms with Crippen molar-refractivity contribution in [3.8, 4) is 0 Å². The fourth-order valence-corrected chi connectivity index (χ4v) is 1.34. The van der Waals surface area contributed by atoms with Crippen LogP contribution in [-0.2, 0) is 6.54 Å².